The van der Waals surface area contributed by atoms with Gasteiger partial charge >= 0.3 is 0 Å². The van der Waals surface area contributed by atoms with Gasteiger partial charge in [0, 0.05) is 18.0 Å². The average Bonchev–Trinajstić information content (AvgIpc) is 2.42. The minimum Gasteiger partial charge on any atom is -0.484 e. The van der Waals surface area contributed by atoms with Crippen LogP contribution < -0.4 is 10.1 Å². The van der Waals surface area contributed by atoms with Crippen molar-refractivity contribution in [1.82, 2.24) is 5.32 Å². The summed E-state index contributed by atoms with van der Waals surface area (Å²) in [7, 11) is 0. The molecule has 108 valence electrons. The topological polar surface area (TPSA) is 55.4 Å². The third-order valence-electron chi connectivity index (χ3n) is 2.40. The minimum atomic E-state index is -0.248. The Kier molecular flexibility index (Phi) is 7.12. The number of hydrogen-bond acceptors (Lipinski definition) is 3. The van der Waals surface area contributed by atoms with Gasteiger partial charge in [0.25, 0.3) is 0 Å². The van der Waals surface area contributed by atoms with E-state index in [0.29, 0.717) is 35.2 Å². The first-order valence-corrected chi connectivity index (χ1v) is 6.78. The van der Waals surface area contributed by atoms with Crippen LogP contribution in [0.15, 0.2) is 30.9 Å². The molecule has 0 aromatic heterocycles. The van der Waals surface area contributed by atoms with E-state index in [1.807, 2.05) is 0 Å². The molecule has 0 aliphatic carbocycles. The second kappa shape index (κ2) is 8.61. The van der Waals surface area contributed by atoms with E-state index in [-0.39, 0.29) is 18.3 Å². The van der Waals surface area contributed by atoms with Gasteiger partial charge in [-0.25, -0.2) is 0 Å². The maximum Gasteiger partial charge on any atom is 0.243 e. The smallest absolute Gasteiger partial charge is 0.243 e. The van der Waals surface area contributed by atoms with E-state index in [9.17, 15) is 9.59 Å². The maximum atomic E-state index is 11.6. The summed E-state index contributed by atoms with van der Waals surface area (Å²) >= 11 is 11.7. The normalized spacial score (nSPS) is 9.90. The maximum absolute atomic E-state index is 11.6. The molecular weight excluding hydrogens is 301 g/mol. The van der Waals surface area contributed by atoms with E-state index in [2.05, 4.69) is 11.9 Å². The number of nitrogens with one attached hydrogen (secondary N) is 1. The molecule has 0 fully saturated rings. The Bertz CT molecular complexity index is 503. The van der Waals surface area contributed by atoms with Crippen molar-refractivity contribution in [2.75, 3.05) is 13.2 Å². The van der Waals surface area contributed by atoms with Crippen molar-refractivity contribution in [3.63, 3.8) is 0 Å². The van der Waals surface area contributed by atoms with Gasteiger partial charge in [0.05, 0.1) is 5.02 Å². The Labute approximate surface area is 127 Å². The lowest BCUT2D eigenvalue weighted by Gasteiger charge is -2.07. The quantitative estimate of drug-likeness (QED) is 0.592. The molecular formula is C14H15Cl2NO3. The van der Waals surface area contributed by atoms with E-state index in [1.165, 1.54) is 6.08 Å². The molecule has 0 saturated carbocycles. The monoisotopic (exact) mass is 315 g/mol. The second-order valence-electron chi connectivity index (χ2n) is 4.00. The first-order chi connectivity index (χ1) is 9.52. The summed E-state index contributed by atoms with van der Waals surface area (Å²) in [5.41, 5.74) is 0. The molecule has 0 aliphatic rings. The molecule has 1 aromatic rings. The van der Waals surface area contributed by atoms with Crippen LogP contribution in [0.25, 0.3) is 0 Å². The van der Waals surface area contributed by atoms with Crippen molar-refractivity contribution in [3.05, 3.63) is 40.9 Å². The molecule has 1 aromatic carbocycles. The van der Waals surface area contributed by atoms with Crippen molar-refractivity contribution in [3.8, 4) is 5.75 Å². The van der Waals surface area contributed by atoms with Gasteiger partial charge in [-0.1, -0.05) is 29.8 Å². The van der Waals surface area contributed by atoms with Crippen molar-refractivity contribution in [1.29, 1.82) is 0 Å². The zero-order valence-electron chi connectivity index (χ0n) is 10.8. The highest BCUT2D eigenvalue weighted by molar-refractivity contribution is 6.35. The molecule has 6 heteroatoms. The summed E-state index contributed by atoms with van der Waals surface area (Å²) in [4.78, 5) is 22.4. The van der Waals surface area contributed by atoms with Crippen LogP contribution in [-0.2, 0) is 9.59 Å². The summed E-state index contributed by atoms with van der Waals surface area (Å²) in [6.07, 6.45) is 2.06. The zero-order chi connectivity index (χ0) is 15.0. The number of ketones is 1. The number of rotatable bonds is 8. The Hall–Kier alpha value is -1.52. The van der Waals surface area contributed by atoms with Gasteiger partial charge in [0.2, 0.25) is 5.91 Å². The first-order valence-electron chi connectivity index (χ1n) is 6.02. The number of amides is 1. The van der Waals surface area contributed by atoms with Crippen LogP contribution in [0.1, 0.15) is 12.8 Å². The number of halogens is 2. The van der Waals surface area contributed by atoms with Crippen LogP contribution in [0.2, 0.25) is 10.0 Å². The molecule has 0 atom stereocenters. The van der Waals surface area contributed by atoms with Crippen molar-refractivity contribution >= 4 is 34.9 Å². The highest BCUT2D eigenvalue weighted by Gasteiger charge is 2.06. The fraction of sp³-hybridized carbons (Fsp3) is 0.286. The Morgan fingerprint density at radius 1 is 1.35 bits per heavy atom. The van der Waals surface area contributed by atoms with Crippen molar-refractivity contribution in [2.45, 2.75) is 12.8 Å². The molecule has 0 radical (unpaired) electrons. The van der Waals surface area contributed by atoms with Crippen molar-refractivity contribution in [2.24, 2.45) is 0 Å². The lowest BCUT2D eigenvalue weighted by molar-refractivity contribution is -0.121. The molecule has 4 nitrogen and oxygen atoms in total. The SMILES string of the molecule is C=CC(=O)NCCCC(=O)COc1ccc(Cl)cc1Cl. The highest BCUT2D eigenvalue weighted by atomic mass is 35.5. The Balaban J connectivity index is 2.26. The largest absolute Gasteiger partial charge is 0.484 e. The molecule has 1 N–H and O–H groups in total. The van der Waals surface area contributed by atoms with Gasteiger partial charge in [0.15, 0.2) is 5.78 Å². The summed E-state index contributed by atoms with van der Waals surface area (Å²) in [6.45, 7) is 3.70. The van der Waals surface area contributed by atoms with Crippen molar-refractivity contribution < 1.29 is 14.3 Å². The number of hydrogen-bond donors (Lipinski definition) is 1. The summed E-state index contributed by atoms with van der Waals surface area (Å²) in [5.74, 6) is 0.106. The van der Waals surface area contributed by atoms with Crippen LogP contribution in [-0.4, -0.2) is 24.8 Å². The Morgan fingerprint density at radius 3 is 2.75 bits per heavy atom. The predicted molar refractivity (Wildman–Crippen MR) is 79.4 cm³/mol. The van der Waals surface area contributed by atoms with Crippen LogP contribution in [0.4, 0.5) is 0 Å². The van der Waals surface area contributed by atoms with Gasteiger partial charge < -0.3 is 10.1 Å². The van der Waals surface area contributed by atoms with Crippen LogP contribution in [0.5, 0.6) is 5.75 Å². The molecule has 0 spiro atoms. The van der Waals surface area contributed by atoms with Gasteiger partial charge in [-0.15, -0.1) is 0 Å². The molecule has 0 heterocycles. The van der Waals surface area contributed by atoms with Gasteiger partial charge in [-0.3, -0.25) is 9.59 Å². The standard InChI is InChI=1S/C14H15Cl2NO3/c1-2-14(19)17-7-3-4-11(18)9-20-13-6-5-10(15)8-12(13)16/h2,5-6,8H,1,3-4,7,9H2,(H,17,19). The van der Waals surface area contributed by atoms with Crippen LogP contribution in [0, 0.1) is 0 Å². The van der Waals surface area contributed by atoms with E-state index in [0.717, 1.165) is 0 Å². The highest BCUT2D eigenvalue weighted by Crippen LogP contribution is 2.27. The van der Waals surface area contributed by atoms with E-state index >= 15 is 0 Å². The van der Waals surface area contributed by atoms with E-state index in [1.54, 1.807) is 18.2 Å². The molecule has 20 heavy (non-hydrogen) atoms. The van der Waals surface area contributed by atoms with Gasteiger partial charge in [-0.05, 0) is 30.7 Å². The molecule has 1 rings (SSSR count). The summed E-state index contributed by atoms with van der Waals surface area (Å²) < 4.78 is 5.31. The van der Waals surface area contributed by atoms with E-state index < -0.39 is 0 Å². The number of Topliss-reactive ketones (excluding diaryl/α,β-unsaturated/α-hetero) is 1. The van der Waals surface area contributed by atoms with Crippen LogP contribution in [0.3, 0.4) is 0 Å². The van der Waals surface area contributed by atoms with Gasteiger partial charge in [0.1, 0.15) is 12.4 Å². The van der Waals surface area contributed by atoms with Crippen LogP contribution >= 0.6 is 23.2 Å². The number of carbonyl (C=O) groups is 2. The number of carbonyl (C=O) groups excluding carboxylic acids is 2. The summed E-state index contributed by atoms with van der Waals surface area (Å²) in [5, 5.41) is 3.46. The summed E-state index contributed by atoms with van der Waals surface area (Å²) in [6, 6.07) is 4.80. The number of benzene rings is 1. The minimum absolute atomic E-state index is 0.0588. The van der Waals surface area contributed by atoms with Gasteiger partial charge in [-0.2, -0.15) is 0 Å². The molecule has 0 saturated heterocycles. The number of ether oxygens (including phenoxy) is 1. The molecule has 0 bridgehead atoms. The predicted octanol–water partition coefficient (Wildman–Crippen LogP) is 3.02. The average molecular weight is 316 g/mol. The first kappa shape index (κ1) is 16.5. The fourth-order valence-corrected chi connectivity index (χ4v) is 1.86. The Morgan fingerprint density at radius 2 is 2.10 bits per heavy atom. The molecule has 1 amide bonds. The fourth-order valence-electron chi connectivity index (χ4n) is 1.39. The second-order valence-corrected chi connectivity index (χ2v) is 4.84. The molecule has 0 unspecified atom stereocenters. The third-order valence-corrected chi connectivity index (χ3v) is 2.93. The zero-order valence-corrected chi connectivity index (χ0v) is 12.3. The van der Waals surface area contributed by atoms with E-state index in [4.69, 9.17) is 27.9 Å². The lowest BCUT2D eigenvalue weighted by atomic mass is 10.2. The third kappa shape index (κ3) is 6.08. The molecule has 0 aliphatic heterocycles. The lowest BCUT2D eigenvalue weighted by Crippen LogP contribution is -2.23.